The van der Waals surface area contributed by atoms with Crippen molar-refractivity contribution in [2.75, 3.05) is 33.0 Å². The predicted molar refractivity (Wildman–Crippen MR) is 312 cm³/mol. The van der Waals surface area contributed by atoms with Crippen LogP contribution in [0.2, 0.25) is 0 Å². The molecule has 0 aliphatic carbocycles. The molecule has 0 saturated carbocycles. The van der Waals surface area contributed by atoms with Crippen molar-refractivity contribution >= 4 is 98.3 Å². The Balaban J connectivity index is -0.00000119. The molecule has 5 fully saturated rings. The van der Waals surface area contributed by atoms with Gasteiger partial charge in [0.1, 0.15) is 48.0 Å². The van der Waals surface area contributed by atoms with Gasteiger partial charge in [0.05, 0.1) is 84.0 Å². The van der Waals surface area contributed by atoms with E-state index in [4.69, 9.17) is 118 Å². The fraction of sp³-hybridized carbons (Fsp3) is 0.936. The summed E-state index contributed by atoms with van der Waals surface area (Å²) in [6, 6.07) is -3.17. The van der Waals surface area contributed by atoms with E-state index >= 15 is 0 Å². The summed E-state index contributed by atoms with van der Waals surface area (Å²) < 4.78 is 140. The number of rotatable bonds is 29. The van der Waals surface area contributed by atoms with Crippen molar-refractivity contribution in [2.45, 2.75) is 232 Å². The van der Waals surface area contributed by atoms with Crippen molar-refractivity contribution in [1.29, 1.82) is 0 Å². The number of phosphoric acid groups is 5. The Morgan fingerprint density at radius 1 is 0.533 bits per heavy atom. The van der Waals surface area contributed by atoms with Crippen LogP contribution in [-0.4, -0.2) is 205 Å². The summed E-state index contributed by atoms with van der Waals surface area (Å²) in [7, 11) is 6.89. The fourth-order valence-corrected chi connectivity index (χ4v) is 12.6. The molecule has 10 unspecified atom stereocenters. The maximum atomic E-state index is 12.5. The molecule has 16 radical (unpaired) electrons. The molecule has 5 saturated heterocycles. The molecule has 5 rings (SSSR count). The number of carbonyl (C=O) groups excluding carboxylic acids is 1. The van der Waals surface area contributed by atoms with Crippen LogP contribution in [0.4, 0.5) is 0 Å². The standard InChI is InChI=1S/C18H33B3O11P2.C11H20BO6P.C10H19BO6P.C8H16B2O6P.4Y/c1-11(2)26-8-14-13(7-17(21-20)30-14)32-33(22,23)27-9-15-12(6-16(19)29-15)31-34(24,25)28-10-18(3,4)5;1-7(13)10-8(5-9(12)17-10)18-19(14,15)16-6-11(2,3)4;1-10(2,3)6-15-18(13,14)17-7-4-9(11)16-8(7)5-12;1-5(2)14-4-7-6(16-17(11,12)13)3-8(10-9)15-7;;;;/h9,11-17H,6-8,10H2,1-5H3,(H,22,23)(H,24,25);8-10H,5-6H2,1-4H3,(H,14,15);5,7-9,12H,4,6H2,1-3H3,(H,13,14);5-8H,3-4H2,1-2H3,(H2,11,12,13);;;;/q-1;;-1;;;;;/p-5/t12?,13?,14-,15-,16-,17-;8?,9-,10-;7?,8-,9-;6?,7-,8-;;;;/m1111..../s1. The summed E-state index contributed by atoms with van der Waals surface area (Å²) in [6.45, 7) is 26.7. The molecule has 5 aliphatic heterocycles. The summed E-state index contributed by atoms with van der Waals surface area (Å²) in [5, 5.41) is 8.89. The van der Waals surface area contributed by atoms with Crippen molar-refractivity contribution in [3.05, 3.63) is 13.2 Å². The quantitative estimate of drug-likeness (QED) is 0.0603. The summed E-state index contributed by atoms with van der Waals surface area (Å²) in [6.07, 6.45) is -8.22. The van der Waals surface area contributed by atoms with Crippen molar-refractivity contribution in [3.8, 4) is 0 Å². The van der Waals surface area contributed by atoms with E-state index in [0.29, 0.717) is 0 Å². The SMILES string of the molecule is [B][B][C@H]1CC(OP(=O)([O-])O)[C@@H](COC(C)C)O1.[B][B][C@H]1CC(OP(=O)([O-])O[CH-][C@H]2O[C@@H]([B])CC2OP(=O)([O-])OCC(C)(C)C)[C@@H](COC(C)C)O1.[B][C@H]1CC(OP(=O)([O-])OCC(C)(C)C)[C@@H](C(C)=O)O1.[B][C@H]1CC(OP(=O)([O-])OCC(C)(C)C)[C@@H]([CH-]O)O1.[Y].[Y].[Y].[Y]. The van der Waals surface area contributed by atoms with E-state index < -0.39 is 136 Å². The third kappa shape index (κ3) is 44.5. The molecule has 510 valence electrons. The molecule has 20 atom stereocenters. The normalized spacial score (nSPS) is 31.2. The summed E-state index contributed by atoms with van der Waals surface area (Å²) in [4.78, 5) is 78.6. The average molecular weight is 1700 g/mol. The van der Waals surface area contributed by atoms with E-state index in [2.05, 4.69) is 4.52 Å². The third-order valence-corrected chi connectivity index (χ3v) is 16.1. The first kappa shape index (κ1) is 101. The molecule has 2 N–H and O–H groups in total. The van der Waals surface area contributed by atoms with Gasteiger partial charge in [-0.05, 0) is 95.2 Å². The first-order chi connectivity index (χ1) is 40.0. The number of carbonyl (C=O) groups is 1. The molecular formula is C47H83B7O29P5Y4-7. The molecule has 29 nitrogen and oxygen atoms in total. The minimum absolute atomic E-state index is 0. The molecule has 45 heteroatoms. The van der Waals surface area contributed by atoms with Gasteiger partial charge in [0.15, 0.2) is 5.78 Å². The minimum atomic E-state index is -4.90. The van der Waals surface area contributed by atoms with Crippen LogP contribution < -0.4 is 24.5 Å². The van der Waals surface area contributed by atoms with Crippen LogP contribution in [0.5, 0.6) is 0 Å². The first-order valence-corrected chi connectivity index (χ1v) is 35.4. The number of phosphoric ester groups is 5. The predicted octanol–water partition coefficient (Wildman–Crippen LogP) is 1.19. The largest absolute Gasteiger partial charge is 0.758 e. The van der Waals surface area contributed by atoms with Crippen molar-refractivity contribution in [1.82, 2.24) is 0 Å². The van der Waals surface area contributed by atoms with Gasteiger partial charge in [0.25, 0.3) is 31.3 Å². The maximum Gasteiger partial charge on any atom is 0.268 e. The number of hydrogen-bond donors (Lipinski definition) is 2. The van der Waals surface area contributed by atoms with Gasteiger partial charge < -0.3 is 108 Å². The maximum absolute atomic E-state index is 12.5. The van der Waals surface area contributed by atoms with E-state index in [0.717, 1.165) is 13.2 Å². The average Bonchev–Trinajstić information content (AvgIpc) is 2.84. The van der Waals surface area contributed by atoms with Crippen LogP contribution in [0.25, 0.3) is 0 Å². The summed E-state index contributed by atoms with van der Waals surface area (Å²) >= 11 is 0. The molecule has 0 aromatic heterocycles. The van der Waals surface area contributed by atoms with Crippen molar-refractivity contribution < 1.29 is 267 Å². The molecule has 5 aliphatic rings. The number of aliphatic hydroxyl groups excluding tert-OH is 1. The molecule has 5 heterocycles. The molecule has 0 bridgehead atoms. The molecule has 92 heavy (non-hydrogen) atoms. The Bertz CT molecular complexity index is 2340. The Labute approximate surface area is 652 Å². The molecule has 0 aromatic carbocycles. The fourth-order valence-electron chi connectivity index (χ4n) is 7.75. The Kier molecular flexibility index (Phi) is 50.5. The number of aliphatic hydroxyl groups is 1. The van der Waals surface area contributed by atoms with Gasteiger partial charge in [0.2, 0.25) is 7.82 Å². The second-order valence-corrected chi connectivity index (χ2v) is 31.7. The summed E-state index contributed by atoms with van der Waals surface area (Å²) in [5.74, 6) is -0.325. The summed E-state index contributed by atoms with van der Waals surface area (Å²) in [5.41, 5.74) is -1.03. The van der Waals surface area contributed by atoms with Gasteiger partial charge in [-0.1, -0.05) is 62.3 Å². The Morgan fingerprint density at radius 3 is 1.20 bits per heavy atom. The molecule has 0 amide bonds. The van der Waals surface area contributed by atoms with Crippen molar-refractivity contribution in [3.63, 3.8) is 0 Å². The number of Topliss-reactive ketones (excluding diaryl/α,β-unsaturated/α-hetero) is 1. The number of ketones is 1. The van der Waals surface area contributed by atoms with E-state index in [-0.39, 0.29) is 225 Å². The van der Waals surface area contributed by atoms with Gasteiger partial charge in [-0.25, -0.2) is 0 Å². The number of hydrogen-bond acceptors (Lipinski definition) is 28. The van der Waals surface area contributed by atoms with Crippen LogP contribution in [0, 0.1) is 29.5 Å². The van der Waals surface area contributed by atoms with Crippen LogP contribution in [0.3, 0.4) is 0 Å². The van der Waals surface area contributed by atoms with Gasteiger partial charge >= 0.3 is 0 Å². The second-order valence-electron chi connectivity index (χ2n) is 25.1. The van der Waals surface area contributed by atoms with Crippen LogP contribution in [0.1, 0.15) is 129 Å². The minimum Gasteiger partial charge on any atom is -0.758 e. The zero-order chi connectivity index (χ0) is 67.6. The van der Waals surface area contributed by atoms with E-state index in [9.17, 15) is 52.1 Å². The van der Waals surface area contributed by atoms with E-state index in [1.165, 1.54) is 21.3 Å². The topological polar surface area (TPSA) is 406 Å². The van der Waals surface area contributed by atoms with Gasteiger partial charge in [-0.3, -0.25) is 27.6 Å². The van der Waals surface area contributed by atoms with Gasteiger partial charge in [0, 0.05) is 176 Å². The zero-order valence-corrected chi connectivity index (χ0v) is 70.4. The second kappa shape index (κ2) is 46.0. The molecule has 0 spiro atoms. The number of ether oxygens (including phenoxy) is 7. The van der Waals surface area contributed by atoms with Gasteiger partial charge in [-0.2, -0.15) is 13.2 Å². The zero-order valence-electron chi connectivity index (χ0n) is 54.5. The van der Waals surface area contributed by atoms with E-state index in [1.54, 1.807) is 20.8 Å². The molecular weight excluding hydrogens is 1610 g/mol. The van der Waals surface area contributed by atoms with E-state index in [1.807, 2.05) is 69.2 Å². The van der Waals surface area contributed by atoms with Crippen molar-refractivity contribution in [2.24, 2.45) is 16.2 Å². The van der Waals surface area contributed by atoms with Crippen LogP contribution >= 0.6 is 39.1 Å². The van der Waals surface area contributed by atoms with Crippen LogP contribution in [0.15, 0.2) is 0 Å². The first-order valence-electron chi connectivity index (χ1n) is 28.0. The smallest absolute Gasteiger partial charge is 0.268 e. The Morgan fingerprint density at radius 2 is 0.859 bits per heavy atom. The molecule has 0 aromatic rings. The Hall–Kier alpha value is 4.77. The van der Waals surface area contributed by atoms with Crippen LogP contribution in [-0.2, 0) is 232 Å². The monoisotopic (exact) mass is 1700 g/mol. The van der Waals surface area contributed by atoms with Gasteiger partial charge in [-0.15, -0.1) is 0 Å². The third-order valence-electron chi connectivity index (χ3n) is 11.7.